The molecule has 1 aliphatic rings. The Kier molecular flexibility index (Phi) is 5.05. The van der Waals surface area contributed by atoms with Gasteiger partial charge in [-0.3, -0.25) is 4.79 Å². The van der Waals surface area contributed by atoms with E-state index in [1.54, 1.807) is 0 Å². The van der Waals surface area contributed by atoms with Gasteiger partial charge in [-0.25, -0.2) is 4.79 Å². The van der Waals surface area contributed by atoms with Gasteiger partial charge < -0.3 is 30.6 Å². The highest BCUT2D eigenvalue weighted by molar-refractivity contribution is 6.00. The molecule has 0 aliphatic heterocycles. The number of aliphatic carboxylic acids is 1. The summed E-state index contributed by atoms with van der Waals surface area (Å²) in [6.45, 7) is 0. The van der Waals surface area contributed by atoms with E-state index in [9.17, 15) is 40.2 Å². The average Bonchev–Trinajstić information content (AvgIpc) is 2.52. The lowest BCUT2D eigenvalue weighted by Crippen LogP contribution is -2.64. The molecule has 6 N–H and O–H groups in total. The summed E-state index contributed by atoms with van der Waals surface area (Å²) in [7, 11) is 0. The molecular weight excluding hydrogens is 320 g/mol. The quantitative estimate of drug-likeness (QED) is 0.378. The van der Waals surface area contributed by atoms with Gasteiger partial charge in [-0.2, -0.15) is 0 Å². The van der Waals surface area contributed by atoms with E-state index in [0.29, 0.717) is 5.56 Å². The number of allylic oxidation sites excluding steroid dienone is 1. The van der Waals surface area contributed by atoms with Gasteiger partial charge in [-0.05, 0) is 23.8 Å². The number of aliphatic hydroxyl groups excluding tert-OH is 3. The summed E-state index contributed by atoms with van der Waals surface area (Å²) in [6, 6.07) is 5.76. The maximum atomic E-state index is 12.3. The third-order valence-electron chi connectivity index (χ3n) is 4.13. The molecule has 0 saturated heterocycles. The minimum absolute atomic E-state index is 0.0264. The number of phenolic OH excluding ortho intramolecular Hbond substituents is 1. The van der Waals surface area contributed by atoms with Crippen LogP contribution < -0.4 is 0 Å². The molecule has 5 atom stereocenters. The number of hydrogen-bond donors (Lipinski definition) is 6. The topological polar surface area (TPSA) is 156 Å². The van der Waals surface area contributed by atoms with Gasteiger partial charge >= 0.3 is 5.97 Å². The highest BCUT2D eigenvalue weighted by atomic mass is 16.4. The van der Waals surface area contributed by atoms with Gasteiger partial charge in [0.15, 0.2) is 11.4 Å². The van der Waals surface area contributed by atoms with Crippen molar-refractivity contribution in [2.75, 3.05) is 0 Å². The Hall–Kier alpha value is -2.26. The first-order valence-electron chi connectivity index (χ1n) is 7.17. The number of carboxylic acids is 1. The van der Waals surface area contributed by atoms with Crippen molar-refractivity contribution in [3.05, 3.63) is 35.9 Å². The molecule has 0 heterocycles. The van der Waals surface area contributed by atoms with E-state index in [4.69, 9.17) is 0 Å². The summed E-state index contributed by atoms with van der Waals surface area (Å²) in [6.07, 6.45) is -3.87. The fourth-order valence-corrected chi connectivity index (χ4v) is 2.77. The van der Waals surface area contributed by atoms with Crippen LogP contribution in [0.3, 0.4) is 0 Å². The number of carbonyl (C=O) groups excluding carboxylic acids is 1. The second kappa shape index (κ2) is 6.70. The zero-order chi connectivity index (χ0) is 18.1. The van der Waals surface area contributed by atoms with Crippen LogP contribution in [0.4, 0.5) is 0 Å². The number of rotatable bonds is 4. The summed E-state index contributed by atoms with van der Waals surface area (Å²) in [5.74, 6) is -4.49. The molecule has 0 aromatic heterocycles. The number of ketones is 1. The molecule has 1 aromatic rings. The molecule has 0 amide bonds. The molecule has 2 rings (SSSR count). The first-order valence-corrected chi connectivity index (χ1v) is 7.17. The van der Waals surface area contributed by atoms with Gasteiger partial charge in [0, 0.05) is 6.42 Å². The second-order valence-corrected chi connectivity index (χ2v) is 5.79. The number of carbonyl (C=O) groups is 2. The number of benzene rings is 1. The smallest absolute Gasteiger partial charge is 0.336 e. The number of hydrogen-bond acceptors (Lipinski definition) is 7. The number of aromatic hydroxyl groups is 1. The van der Waals surface area contributed by atoms with Crippen LogP contribution in [0.25, 0.3) is 6.08 Å². The van der Waals surface area contributed by atoms with Gasteiger partial charge in [-0.1, -0.05) is 18.2 Å². The van der Waals surface area contributed by atoms with Gasteiger partial charge in [0.25, 0.3) is 0 Å². The average molecular weight is 338 g/mol. The predicted molar refractivity (Wildman–Crippen MR) is 80.9 cm³/mol. The van der Waals surface area contributed by atoms with Gasteiger partial charge in [-0.15, -0.1) is 0 Å². The van der Waals surface area contributed by atoms with Gasteiger partial charge in [0.1, 0.15) is 11.9 Å². The maximum Gasteiger partial charge on any atom is 0.336 e. The first kappa shape index (κ1) is 18.1. The van der Waals surface area contributed by atoms with Crippen LogP contribution in [0.1, 0.15) is 12.0 Å². The first-order chi connectivity index (χ1) is 11.2. The molecule has 24 heavy (non-hydrogen) atoms. The van der Waals surface area contributed by atoms with Crippen molar-refractivity contribution in [1.82, 2.24) is 0 Å². The third kappa shape index (κ3) is 3.31. The van der Waals surface area contributed by atoms with Crippen molar-refractivity contribution < 1.29 is 40.2 Å². The molecule has 1 aliphatic carbocycles. The van der Waals surface area contributed by atoms with E-state index in [1.807, 2.05) is 0 Å². The van der Waals surface area contributed by atoms with E-state index in [-0.39, 0.29) is 5.75 Å². The summed E-state index contributed by atoms with van der Waals surface area (Å²) in [5.41, 5.74) is -2.18. The summed E-state index contributed by atoms with van der Waals surface area (Å²) < 4.78 is 0. The Morgan fingerprint density at radius 2 is 1.67 bits per heavy atom. The van der Waals surface area contributed by atoms with Crippen LogP contribution >= 0.6 is 0 Å². The van der Waals surface area contributed by atoms with E-state index in [0.717, 1.165) is 6.08 Å². The normalized spacial score (nSPS) is 33.5. The van der Waals surface area contributed by atoms with Crippen LogP contribution in [0.5, 0.6) is 5.75 Å². The molecule has 1 aromatic carbocycles. The van der Waals surface area contributed by atoms with Crippen molar-refractivity contribution in [3.63, 3.8) is 0 Å². The number of aliphatic hydroxyl groups is 4. The van der Waals surface area contributed by atoms with Gasteiger partial charge in [0.05, 0.1) is 18.1 Å². The third-order valence-corrected chi connectivity index (χ3v) is 4.13. The highest BCUT2D eigenvalue weighted by Crippen LogP contribution is 2.36. The molecule has 8 nitrogen and oxygen atoms in total. The Bertz CT molecular complexity index is 653. The Morgan fingerprint density at radius 3 is 2.21 bits per heavy atom. The van der Waals surface area contributed by atoms with Crippen molar-refractivity contribution in [3.8, 4) is 5.75 Å². The van der Waals surface area contributed by atoms with Crippen LogP contribution in [0, 0.1) is 5.92 Å². The summed E-state index contributed by atoms with van der Waals surface area (Å²) in [4.78, 5) is 23.7. The lowest BCUT2D eigenvalue weighted by atomic mass is 9.69. The highest BCUT2D eigenvalue weighted by Gasteiger charge is 2.58. The van der Waals surface area contributed by atoms with Crippen molar-refractivity contribution >= 4 is 17.8 Å². The lowest BCUT2D eigenvalue weighted by Gasteiger charge is -2.43. The van der Waals surface area contributed by atoms with Crippen LogP contribution in [-0.4, -0.2) is 66.3 Å². The molecule has 0 bridgehead atoms. The summed E-state index contributed by atoms with van der Waals surface area (Å²) >= 11 is 0. The van der Waals surface area contributed by atoms with E-state index in [1.165, 1.54) is 30.3 Å². The number of phenols is 1. The largest absolute Gasteiger partial charge is 0.508 e. The van der Waals surface area contributed by atoms with Crippen LogP contribution in [-0.2, 0) is 9.59 Å². The minimum atomic E-state index is -2.70. The second-order valence-electron chi connectivity index (χ2n) is 5.79. The lowest BCUT2D eigenvalue weighted by molar-refractivity contribution is -0.207. The molecule has 0 unspecified atom stereocenters. The number of carboxylic acid groups (broad SMARTS) is 1. The Labute approximate surface area is 136 Å². The maximum absolute atomic E-state index is 12.3. The molecule has 130 valence electrons. The zero-order valence-corrected chi connectivity index (χ0v) is 12.5. The van der Waals surface area contributed by atoms with E-state index < -0.39 is 48.0 Å². The molecule has 0 spiro atoms. The van der Waals surface area contributed by atoms with Gasteiger partial charge in [0.2, 0.25) is 0 Å². The van der Waals surface area contributed by atoms with Crippen LogP contribution in [0.15, 0.2) is 30.3 Å². The molecule has 1 fully saturated rings. The fraction of sp³-hybridized carbons (Fsp3) is 0.375. The fourth-order valence-electron chi connectivity index (χ4n) is 2.77. The minimum Gasteiger partial charge on any atom is -0.508 e. The standard InChI is InChI=1S/C16H18O8/c17-9-4-1-8(2-5-9)3-6-10(18)12-14(21)13(20)11(19)7-16(12,24)15(22)23/h1-6,11-14,17,19-21,24H,7H2,(H,22,23)/b6-3+/t11-,12-,13+,14-,16-/m1/s1. The molecule has 1 saturated carbocycles. The Morgan fingerprint density at radius 1 is 1.08 bits per heavy atom. The molecular formula is C16H18O8. The van der Waals surface area contributed by atoms with Crippen LogP contribution in [0.2, 0.25) is 0 Å². The van der Waals surface area contributed by atoms with E-state index in [2.05, 4.69) is 0 Å². The predicted octanol–water partition coefficient (Wildman–Crippen LogP) is -1.11. The van der Waals surface area contributed by atoms with Crippen molar-refractivity contribution in [1.29, 1.82) is 0 Å². The Balaban J connectivity index is 2.29. The zero-order valence-electron chi connectivity index (χ0n) is 12.5. The monoisotopic (exact) mass is 338 g/mol. The molecule has 0 radical (unpaired) electrons. The SMILES string of the molecule is O=C(/C=C/c1ccc(O)cc1)[C@@H]1[C@@H](O)[C@@H](O)[C@H](O)C[C@]1(O)C(=O)O. The van der Waals surface area contributed by atoms with E-state index >= 15 is 0 Å². The summed E-state index contributed by atoms with van der Waals surface area (Å²) in [5, 5.41) is 57.9. The van der Waals surface area contributed by atoms with Crippen molar-refractivity contribution in [2.45, 2.75) is 30.3 Å². The van der Waals surface area contributed by atoms with Crippen molar-refractivity contribution in [2.24, 2.45) is 5.92 Å². The molecule has 8 heteroatoms.